The van der Waals surface area contributed by atoms with E-state index in [2.05, 4.69) is 0 Å². The Balaban J connectivity index is 2.33. The number of phenols is 1. The van der Waals surface area contributed by atoms with Crippen molar-refractivity contribution >= 4 is 0 Å². The Bertz CT molecular complexity index is 360. The first-order valence-electron chi connectivity index (χ1n) is 5.25. The van der Waals surface area contributed by atoms with E-state index in [9.17, 15) is 9.50 Å². The van der Waals surface area contributed by atoms with Crippen molar-refractivity contribution in [2.45, 2.75) is 37.4 Å². The highest BCUT2D eigenvalue weighted by atomic mass is 19.1. The second kappa shape index (κ2) is 3.49. The van der Waals surface area contributed by atoms with Crippen molar-refractivity contribution in [1.29, 1.82) is 0 Å². The van der Waals surface area contributed by atoms with Crippen LogP contribution in [0.3, 0.4) is 0 Å². The van der Waals surface area contributed by atoms with E-state index in [4.69, 9.17) is 5.73 Å². The van der Waals surface area contributed by atoms with Crippen molar-refractivity contribution in [2.24, 2.45) is 5.73 Å². The largest absolute Gasteiger partial charge is 0.508 e. The maximum atomic E-state index is 13.6. The van der Waals surface area contributed by atoms with Gasteiger partial charge in [-0.1, -0.05) is 12.1 Å². The molecule has 3 heteroatoms. The van der Waals surface area contributed by atoms with Crippen LogP contribution in [0.15, 0.2) is 24.3 Å². The molecule has 1 fully saturated rings. The third kappa shape index (κ3) is 1.97. The van der Waals surface area contributed by atoms with Gasteiger partial charge in [-0.15, -0.1) is 0 Å². The summed E-state index contributed by atoms with van der Waals surface area (Å²) in [6.45, 7) is 1.53. The molecule has 1 aliphatic carbocycles. The number of hydrogen-bond acceptors (Lipinski definition) is 2. The predicted octanol–water partition coefficient (Wildman–Crippen LogP) is 2.33. The Labute approximate surface area is 88.9 Å². The van der Waals surface area contributed by atoms with E-state index in [0.717, 1.165) is 18.4 Å². The quantitative estimate of drug-likeness (QED) is 0.802. The van der Waals surface area contributed by atoms with Crippen LogP contribution in [-0.2, 0) is 0 Å². The number of benzene rings is 1. The third-order valence-electron chi connectivity index (χ3n) is 3.14. The summed E-state index contributed by atoms with van der Waals surface area (Å²) in [7, 11) is 0. The van der Waals surface area contributed by atoms with Gasteiger partial charge in [0.05, 0.1) is 0 Å². The molecule has 0 amide bonds. The smallest absolute Gasteiger partial charge is 0.115 e. The fourth-order valence-corrected chi connectivity index (χ4v) is 2.23. The molecule has 0 bridgehead atoms. The molecular weight excluding hydrogens is 193 g/mol. The maximum absolute atomic E-state index is 13.6. The molecule has 1 aliphatic rings. The summed E-state index contributed by atoms with van der Waals surface area (Å²) in [5, 5.41) is 9.37. The van der Waals surface area contributed by atoms with E-state index in [0.29, 0.717) is 0 Å². The molecule has 1 aromatic rings. The van der Waals surface area contributed by atoms with Crippen LogP contribution in [0.1, 0.15) is 31.2 Å². The van der Waals surface area contributed by atoms with Crippen molar-refractivity contribution in [3.8, 4) is 5.75 Å². The van der Waals surface area contributed by atoms with E-state index in [1.807, 2.05) is 6.07 Å². The van der Waals surface area contributed by atoms with Gasteiger partial charge in [0, 0.05) is 11.5 Å². The highest BCUT2D eigenvalue weighted by Crippen LogP contribution is 2.47. The molecule has 2 atom stereocenters. The van der Waals surface area contributed by atoms with Gasteiger partial charge in [0.2, 0.25) is 0 Å². The van der Waals surface area contributed by atoms with Gasteiger partial charge in [-0.3, -0.25) is 0 Å². The Morgan fingerprint density at radius 1 is 1.47 bits per heavy atom. The first kappa shape index (κ1) is 10.4. The summed E-state index contributed by atoms with van der Waals surface area (Å²) < 4.78 is 13.6. The Morgan fingerprint density at radius 3 is 2.60 bits per heavy atom. The van der Waals surface area contributed by atoms with Gasteiger partial charge in [-0.2, -0.15) is 0 Å². The van der Waals surface area contributed by atoms with Crippen LogP contribution in [0.2, 0.25) is 0 Å². The van der Waals surface area contributed by atoms with Crippen LogP contribution < -0.4 is 5.73 Å². The van der Waals surface area contributed by atoms with E-state index in [1.54, 1.807) is 18.2 Å². The number of phenolic OH excluding ortho intramolecular Hbond substituents is 1. The van der Waals surface area contributed by atoms with Gasteiger partial charge in [0.1, 0.15) is 11.9 Å². The van der Waals surface area contributed by atoms with Crippen molar-refractivity contribution < 1.29 is 9.50 Å². The van der Waals surface area contributed by atoms with Crippen LogP contribution >= 0.6 is 0 Å². The van der Waals surface area contributed by atoms with Crippen molar-refractivity contribution in [1.82, 2.24) is 0 Å². The Hall–Kier alpha value is -1.09. The van der Waals surface area contributed by atoms with E-state index >= 15 is 0 Å². The highest BCUT2D eigenvalue weighted by Gasteiger charge is 2.48. The molecule has 0 spiro atoms. The number of aromatic hydroxyl groups is 1. The van der Waals surface area contributed by atoms with Gasteiger partial charge in [0.15, 0.2) is 0 Å². The maximum Gasteiger partial charge on any atom is 0.115 e. The van der Waals surface area contributed by atoms with Crippen LogP contribution in [-0.4, -0.2) is 16.8 Å². The summed E-state index contributed by atoms with van der Waals surface area (Å²) >= 11 is 0. The predicted molar refractivity (Wildman–Crippen MR) is 57.6 cm³/mol. The Morgan fingerprint density at radius 2 is 2.13 bits per heavy atom. The van der Waals surface area contributed by atoms with Crippen molar-refractivity contribution in [3.05, 3.63) is 29.8 Å². The topological polar surface area (TPSA) is 46.2 Å². The molecule has 0 heterocycles. The molecular formula is C12H16FNO. The molecule has 3 N–H and O–H groups in total. The highest BCUT2D eigenvalue weighted by molar-refractivity contribution is 5.34. The fraction of sp³-hybridized carbons (Fsp3) is 0.500. The standard InChI is InChI=1S/C12H16FNO/c1-8(13)11(12(14)5-6-12)9-3-2-4-10(15)7-9/h2-4,7-8,11,15H,5-6,14H2,1H3. The molecule has 0 saturated heterocycles. The number of rotatable bonds is 3. The minimum Gasteiger partial charge on any atom is -0.508 e. The molecule has 2 rings (SSSR count). The molecule has 15 heavy (non-hydrogen) atoms. The molecule has 2 unspecified atom stereocenters. The lowest BCUT2D eigenvalue weighted by Crippen LogP contribution is -2.35. The van der Waals surface area contributed by atoms with Gasteiger partial charge in [-0.25, -0.2) is 4.39 Å². The fourth-order valence-electron chi connectivity index (χ4n) is 2.23. The summed E-state index contributed by atoms with van der Waals surface area (Å²) in [6.07, 6.45) is 0.739. The van der Waals surface area contributed by atoms with Gasteiger partial charge in [-0.05, 0) is 37.5 Å². The minimum absolute atomic E-state index is 0.169. The number of hydrogen-bond donors (Lipinski definition) is 2. The Kier molecular flexibility index (Phi) is 2.43. The minimum atomic E-state index is -0.987. The van der Waals surface area contributed by atoms with Gasteiger partial charge in [0.25, 0.3) is 0 Å². The van der Waals surface area contributed by atoms with Crippen LogP contribution in [0.5, 0.6) is 5.75 Å². The number of nitrogens with two attached hydrogens (primary N) is 1. The lowest BCUT2D eigenvalue weighted by Gasteiger charge is -2.25. The lowest BCUT2D eigenvalue weighted by molar-refractivity contribution is 0.268. The summed E-state index contributed by atoms with van der Waals surface area (Å²) in [4.78, 5) is 0. The normalized spacial score (nSPS) is 22.1. The van der Waals surface area contributed by atoms with E-state index < -0.39 is 11.7 Å². The second-order valence-corrected chi connectivity index (χ2v) is 4.48. The van der Waals surface area contributed by atoms with Crippen LogP contribution in [0.4, 0.5) is 4.39 Å². The SMILES string of the molecule is CC(F)C(c1cccc(O)c1)C1(N)CC1. The molecule has 1 saturated carbocycles. The summed E-state index contributed by atoms with van der Waals surface area (Å²) in [6, 6.07) is 6.74. The second-order valence-electron chi connectivity index (χ2n) is 4.48. The van der Waals surface area contributed by atoms with E-state index in [-0.39, 0.29) is 11.7 Å². The number of alkyl halides is 1. The van der Waals surface area contributed by atoms with Crippen LogP contribution in [0.25, 0.3) is 0 Å². The molecule has 0 radical (unpaired) electrons. The summed E-state index contributed by atoms with van der Waals surface area (Å²) in [5.41, 5.74) is 6.45. The zero-order valence-electron chi connectivity index (χ0n) is 8.78. The first-order valence-corrected chi connectivity index (χ1v) is 5.25. The monoisotopic (exact) mass is 209 g/mol. The lowest BCUT2D eigenvalue weighted by atomic mass is 9.86. The first-order chi connectivity index (χ1) is 7.03. The third-order valence-corrected chi connectivity index (χ3v) is 3.14. The van der Waals surface area contributed by atoms with Crippen molar-refractivity contribution in [2.75, 3.05) is 0 Å². The molecule has 82 valence electrons. The van der Waals surface area contributed by atoms with Crippen LogP contribution in [0, 0.1) is 0 Å². The molecule has 0 aromatic heterocycles. The average molecular weight is 209 g/mol. The zero-order chi connectivity index (χ0) is 11.1. The molecule has 1 aromatic carbocycles. The van der Waals surface area contributed by atoms with E-state index in [1.165, 1.54) is 6.92 Å². The summed E-state index contributed by atoms with van der Waals surface area (Å²) in [5.74, 6) is -0.132. The molecule has 0 aliphatic heterocycles. The zero-order valence-corrected chi connectivity index (χ0v) is 8.78. The number of halogens is 1. The van der Waals surface area contributed by atoms with Gasteiger partial charge < -0.3 is 10.8 Å². The molecule has 2 nitrogen and oxygen atoms in total. The average Bonchev–Trinajstić information content (AvgIpc) is 2.83. The van der Waals surface area contributed by atoms with Gasteiger partial charge >= 0.3 is 0 Å². The van der Waals surface area contributed by atoms with Crippen molar-refractivity contribution in [3.63, 3.8) is 0 Å².